The third-order valence-corrected chi connectivity index (χ3v) is 2.73. The van der Waals surface area contributed by atoms with Crippen LogP contribution in [0, 0.1) is 11.8 Å². The monoisotopic (exact) mass is 292 g/mol. The number of aliphatic hydroxyl groups is 1. The number of aliphatic hydroxyl groups excluding tert-OH is 1. The summed E-state index contributed by atoms with van der Waals surface area (Å²) in [4.78, 5) is 0. The lowest BCUT2D eigenvalue weighted by molar-refractivity contribution is 0.0402. The first-order valence-corrected chi connectivity index (χ1v) is 7.24. The summed E-state index contributed by atoms with van der Waals surface area (Å²) < 4.78 is 16.3. The summed E-state index contributed by atoms with van der Waals surface area (Å²) in [6.45, 7) is 4.55. The maximum atomic E-state index is 8.73. The molecule has 0 radical (unpaired) electrons. The first-order chi connectivity index (χ1) is 10.3. The molecular weight excluding hydrogens is 268 g/mol. The Bertz CT molecular complexity index is 460. The Morgan fingerprint density at radius 3 is 2.67 bits per heavy atom. The van der Waals surface area contributed by atoms with Crippen molar-refractivity contribution in [3.63, 3.8) is 0 Å². The molecule has 21 heavy (non-hydrogen) atoms. The first-order valence-electron chi connectivity index (χ1n) is 7.24. The molecule has 116 valence electrons. The van der Waals surface area contributed by atoms with Crippen LogP contribution in [0.2, 0.25) is 0 Å². The number of hydrogen-bond donors (Lipinski definition) is 1. The molecule has 4 nitrogen and oxygen atoms in total. The van der Waals surface area contributed by atoms with E-state index in [-0.39, 0.29) is 6.61 Å². The molecule has 0 bridgehead atoms. The minimum Gasteiger partial charge on any atom is -0.496 e. The van der Waals surface area contributed by atoms with Crippen molar-refractivity contribution >= 4 is 0 Å². The van der Waals surface area contributed by atoms with E-state index in [2.05, 4.69) is 18.8 Å². The fourth-order valence-electron chi connectivity index (χ4n) is 1.74. The zero-order valence-electron chi connectivity index (χ0n) is 12.9. The van der Waals surface area contributed by atoms with Crippen LogP contribution in [-0.4, -0.2) is 38.6 Å². The molecule has 0 unspecified atom stereocenters. The van der Waals surface area contributed by atoms with Crippen molar-refractivity contribution in [2.45, 2.75) is 26.4 Å². The molecule has 0 spiro atoms. The van der Waals surface area contributed by atoms with E-state index in [1.165, 1.54) is 0 Å². The number of methoxy groups -OCH3 is 1. The SMILES string of the molecule is CCCOCCOCc1cc(C#CCCO)ccc1OC. The average Bonchev–Trinajstić information content (AvgIpc) is 2.51. The lowest BCUT2D eigenvalue weighted by Gasteiger charge is -2.10. The number of rotatable bonds is 9. The Balaban J connectivity index is 2.54. The van der Waals surface area contributed by atoms with Gasteiger partial charge in [-0.1, -0.05) is 18.8 Å². The fraction of sp³-hybridized carbons (Fsp3) is 0.529. The van der Waals surface area contributed by atoms with E-state index in [9.17, 15) is 0 Å². The molecule has 0 saturated carbocycles. The van der Waals surface area contributed by atoms with Crippen molar-refractivity contribution in [1.82, 2.24) is 0 Å². The van der Waals surface area contributed by atoms with Gasteiger partial charge in [-0.2, -0.15) is 0 Å². The van der Waals surface area contributed by atoms with Crippen LogP contribution in [0.3, 0.4) is 0 Å². The summed E-state index contributed by atoms with van der Waals surface area (Å²) in [6, 6.07) is 5.74. The topological polar surface area (TPSA) is 47.9 Å². The van der Waals surface area contributed by atoms with Crippen molar-refractivity contribution in [2.75, 3.05) is 33.5 Å². The van der Waals surface area contributed by atoms with Gasteiger partial charge in [0.15, 0.2) is 0 Å². The van der Waals surface area contributed by atoms with E-state index in [1.807, 2.05) is 18.2 Å². The zero-order chi connectivity index (χ0) is 15.3. The van der Waals surface area contributed by atoms with Crippen molar-refractivity contribution in [2.24, 2.45) is 0 Å². The van der Waals surface area contributed by atoms with E-state index in [0.717, 1.165) is 29.9 Å². The highest BCUT2D eigenvalue weighted by molar-refractivity contribution is 5.43. The van der Waals surface area contributed by atoms with Gasteiger partial charge in [0.25, 0.3) is 0 Å². The van der Waals surface area contributed by atoms with Gasteiger partial charge in [0, 0.05) is 24.2 Å². The quantitative estimate of drug-likeness (QED) is 0.561. The molecule has 0 aliphatic rings. The second-order valence-corrected chi connectivity index (χ2v) is 4.47. The molecule has 0 saturated heterocycles. The molecule has 1 rings (SSSR count). The third-order valence-electron chi connectivity index (χ3n) is 2.73. The Labute approximate surface area is 127 Å². The second-order valence-electron chi connectivity index (χ2n) is 4.47. The molecule has 1 N–H and O–H groups in total. The predicted octanol–water partition coefficient (Wildman–Crippen LogP) is 2.37. The van der Waals surface area contributed by atoms with Gasteiger partial charge in [-0.25, -0.2) is 0 Å². The van der Waals surface area contributed by atoms with Crippen LogP contribution in [0.5, 0.6) is 5.75 Å². The zero-order valence-corrected chi connectivity index (χ0v) is 12.9. The van der Waals surface area contributed by atoms with Gasteiger partial charge < -0.3 is 19.3 Å². The summed E-state index contributed by atoms with van der Waals surface area (Å²) in [7, 11) is 1.64. The lowest BCUT2D eigenvalue weighted by Crippen LogP contribution is -2.05. The minimum absolute atomic E-state index is 0.0802. The van der Waals surface area contributed by atoms with Crippen molar-refractivity contribution in [3.05, 3.63) is 29.3 Å². The van der Waals surface area contributed by atoms with Crippen LogP contribution in [0.25, 0.3) is 0 Å². The van der Waals surface area contributed by atoms with Crippen molar-refractivity contribution in [3.8, 4) is 17.6 Å². The summed E-state index contributed by atoms with van der Waals surface area (Å²) in [5, 5.41) is 8.73. The van der Waals surface area contributed by atoms with E-state index < -0.39 is 0 Å². The molecule has 0 fully saturated rings. The number of ether oxygens (including phenoxy) is 3. The van der Waals surface area contributed by atoms with E-state index in [4.69, 9.17) is 19.3 Å². The largest absolute Gasteiger partial charge is 0.496 e. The molecule has 0 aromatic heterocycles. The summed E-state index contributed by atoms with van der Waals surface area (Å²) in [6.07, 6.45) is 1.50. The maximum absolute atomic E-state index is 8.73. The number of benzene rings is 1. The summed E-state index contributed by atoms with van der Waals surface area (Å²) in [5.41, 5.74) is 1.86. The van der Waals surface area contributed by atoms with E-state index in [1.54, 1.807) is 7.11 Å². The van der Waals surface area contributed by atoms with E-state index >= 15 is 0 Å². The van der Waals surface area contributed by atoms with Crippen molar-refractivity contribution in [1.29, 1.82) is 0 Å². The number of hydrogen-bond acceptors (Lipinski definition) is 4. The average molecular weight is 292 g/mol. The highest BCUT2D eigenvalue weighted by Gasteiger charge is 2.04. The maximum Gasteiger partial charge on any atom is 0.124 e. The molecule has 1 aromatic carbocycles. The van der Waals surface area contributed by atoms with Crippen molar-refractivity contribution < 1.29 is 19.3 Å². The van der Waals surface area contributed by atoms with Gasteiger partial charge in [0.1, 0.15) is 5.75 Å². The molecule has 0 aliphatic carbocycles. The van der Waals surface area contributed by atoms with Crippen LogP contribution in [-0.2, 0) is 16.1 Å². The predicted molar refractivity (Wildman–Crippen MR) is 82.3 cm³/mol. The highest BCUT2D eigenvalue weighted by Crippen LogP contribution is 2.20. The fourth-order valence-corrected chi connectivity index (χ4v) is 1.74. The second kappa shape index (κ2) is 11.2. The smallest absolute Gasteiger partial charge is 0.124 e. The van der Waals surface area contributed by atoms with Crippen LogP contribution in [0.15, 0.2) is 18.2 Å². The van der Waals surface area contributed by atoms with E-state index in [0.29, 0.717) is 26.2 Å². The van der Waals surface area contributed by atoms with Gasteiger partial charge in [-0.3, -0.25) is 0 Å². The Morgan fingerprint density at radius 1 is 1.14 bits per heavy atom. The van der Waals surface area contributed by atoms with Gasteiger partial charge in [-0.15, -0.1) is 0 Å². The molecule has 0 amide bonds. The molecule has 0 heterocycles. The molecule has 0 atom stereocenters. The highest BCUT2D eigenvalue weighted by atomic mass is 16.5. The molecular formula is C17H24O4. The Kier molecular flexibility index (Phi) is 9.30. The first kappa shape index (κ1) is 17.5. The van der Waals surface area contributed by atoms with Crippen LogP contribution in [0.1, 0.15) is 30.9 Å². The standard InChI is InChI=1S/C17H24O4/c1-3-10-20-11-12-21-14-16-13-15(6-4-5-9-18)7-8-17(16)19-2/h7-8,13,18H,3,5,9-12,14H2,1-2H3. The minimum atomic E-state index is 0.0802. The molecule has 4 heteroatoms. The molecule has 1 aromatic rings. The van der Waals surface area contributed by atoms with Crippen LogP contribution in [0.4, 0.5) is 0 Å². The Hall–Kier alpha value is -1.54. The van der Waals surface area contributed by atoms with Crippen LogP contribution >= 0.6 is 0 Å². The summed E-state index contributed by atoms with van der Waals surface area (Å²) >= 11 is 0. The lowest BCUT2D eigenvalue weighted by atomic mass is 10.1. The Morgan fingerprint density at radius 2 is 1.95 bits per heavy atom. The summed E-state index contributed by atoms with van der Waals surface area (Å²) in [5.74, 6) is 6.70. The molecule has 0 aliphatic heterocycles. The van der Waals surface area contributed by atoms with Gasteiger partial charge in [0.05, 0.1) is 33.5 Å². The van der Waals surface area contributed by atoms with Gasteiger partial charge in [0.2, 0.25) is 0 Å². The van der Waals surface area contributed by atoms with Gasteiger partial charge >= 0.3 is 0 Å². The van der Waals surface area contributed by atoms with Gasteiger partial charge in [-0.05, 0) is 24.6 Å². The van der Waals surface area contributed by atoms with Crippen LogP contribution < -0.4 is 4.74 Å². The normalized spacial score (nSPS) is 10.0. The third kappa shape index (κ3) is 7.14.